The zero-order chi connectivity index (χ0) is 18.7. The normalized spacial score (nSPS) is 11.3. The number of aromatic nitrogens is 3. The number of aryl methyl sites for hydroxylation is 1. The van der Waals surface area contributed by atoms with Crippen LogP contribution in [0.1, 0.15) is 11.4 Å². The lowest BCUT2D eigenvalue weighted by atomic mass is 10.2. The van der Waals surface area contributed by atoms with Crippen LogP contribution in [0.25, 0.3) is 11.5 Å². The number of pyridine rings is 1. The summed E-state index contributed by atoms with van der Waals surface area (Å²) < 4.78 is 38.7. The lowest BCUT2D eigenvalue weighted by Gasteiger charge is -2.10. The first-order chi connectivity index (χ1) is 12.4. The van der Waals surface area contributed by atoms with E-state index in [1.165, 1.54) is 25.3 Å². The highest BCUT2D eigenvalue weighted by atomic mass is 32.2. The number of methoxy groups -OCH3 is 1. The fourth-order valence-corrected chi connectivity index (χ4v) is 2.72. The summed E-state index contributed by atoms with van der Waals surface area (Å²) in [5.41, 5.74) is 1.68. The molecule has 136 valence electrons. The fourth-order valence-electron chi connectivity index (χ4n) is 2.19. The van der Waals surface area contributed by atoms with Crippen molar-refractivity contribution >= 4 is 10.0 Å². The molecular weight excluding hydrogens is 360 g/mol. The van der Waals surface area contributed by atoms with Crippen molar-refractivity contribution in [3.05, 3.63) is 48.0 Å². The van der Waals surface area contributed by atoms with Gasteiger partial charge in [-0.2, -0.15) is 4.98 Å². The van der Waals surface area contributed by atoms with Gasteiger partial charge in [-0.25, -0.2) is 13.6 Å². The molecule has 0 saturated carbocycles. The van der Waals surface area contributed by atoms with Crippen molar-refractivity contribution in [3.8, 4) is 23.0 Å². The Morgan fingerprint density at radius 3 is 2.69 bits per heavy atom. The van der Waals surface area contributed by atoms with Crippen LogP contribution in [0.4, 0.5) is 0 Å². The highest BCUT2D eigenvalue weighted by Gasteiger charge is 2.15. The number of benzene rings is 1. The van der Waals surface area contributed by atoms with E-state index in [-0.39, 0.29) is 17.3 Å². The van der Waals surface area contributed by atoms with Gasteiger partial charge in [-0.3, -0.25) is 4.98 Å². The van der Waals surface area contributed by atoms with Gasteiger partial charge in [-0.05, 0) is 30.7 Å². The summed E-state index contributed by atoms with van der Waals surface area (Å²) in [7, 11) is -2.44. The summed E-state index contributed by atoms with van der Waals surface area (Å²) in [6.07, 6.45) is 3.35. The Kier molecular flexibility index (Phi) is 4.87. The minimum atomic E-state index is -3.83. The van der Waals surface area contributed by atoms with Gasteiger partial charge < -0.3 is 14.0 Å². The van der Waals surface area contributed by atoms with E-state index in [4.69, 9.17) is 19.1 Å². The van der Waals surface area contributed by atoms with Crippen LogP contribution in [0.5, 0.6) is 11.5 Å². The van der Waals surface area contributed by atoms with Gasteiger partial charge >= 0.3 is 0 Å². The summed E-state index contributed by atoms with van der Waals surface area (Å²) >= 11 is 0. The number of ether oxygens (including phenoxy) is 2. The Morgan fingerprint density at radius 1 is 1.19 bits per heavy atom. The van der Waals surface area contributed by atoms with Crippen LogP contribution in [-0.2, 0) is 16.6 Å². The van der Waals surface area contributed by atoms with Crippen LogP contribution in [-0.4, -0.2) is 30.7 Å². The Balaban J connectivity index is 1.75. The summed E-state index contributed by atoms with van der Waals surface area (Å²) in [6.45, 7) is 1.92. The molecule has 0 aliphatic rings. The van der Waals surface area contributed by atoms with Gasteiger partial charge in [0.1, 0.15) is 0 Å². The molecule has 0 atom stereocenters. The maximum Gasteiger partial charge on any atom is 0.259 e. The van der Waals surface area contributed by atoms with Crippen LogP contribution in [0.15, 0.2) is 46.1 Å². The van der Waals surface area contributed by atoms with Crippen LogP contribution in [0.2, 0.25) is 0 Å². The number of hydrogen-bond acceptors (Lipinski definition) is 8. The first-order valence-electron chi connectivity index (χ1n) is 7.45. The molecule has 1 aromatic carbocycles. The fraction of sp³-hybridized carbons (Fsp3) is 0.188. The van der Waals surface area contributed by atoms with Crippen molar-refractivity contribution in [3.63, 3.8) is 0 Å². The highest BCUT2D eigenvalue weighted by molar-refractivity contribution is 7.89. The molecule has 0 fully saturated rings. The van der Waals surface area contributed by atoms with Crippen molar-refractivity contribution in [2.24, 2.45) is 5.14 Å². The second-order valence-electron chi connectivity index (χ2n) is 5.41. The van der Waals surface area contributed by atoms with E-state index in [1.807, 2.05) is 13.0 Å². The quantitative estimate of drug-likeness (QED) is 0.687. The largest absolute Gasteiger partial charge is 0.493 e. The summed E-state index contributed by atoms with van der Waals surface area (Å²) in [6, 6.07) is 5.93. The van der Waals surface area contributed by atoms with Gasteiger partial charge in [0.2, 0.25) is 15.8 Å². The summed E-state index contributed by atoms with van der Waals surface area (Å²) in [5, 5.41) is 8.96. The average molecular weight is 376 g/mol. The van der Waals surface area contributed by atoms with Gasteiger partial charge in [0.05, 0.1) is 17.6 Å². The van der Waals surface area contributed by atoms with E-state index < -0.39 is 10.0 Å². The van der Waals surface area contributed by atoms with Crippen molar-refractivity contribution in [1.82, 2.24) is 15.1 Å². The lowest BCUT2D eigenvalue weighted by molar-refractivity contribution is 0.269. The molecule has 9 nitrogen and oxygen atoms in total. The van der Waals surface area contributed by atoms with E-state index in [0.29, 0.717) is 23.0 Å². The van der Waals surface area contributed by atoms with Crippen LogP contribution >= 0.6 is 0 Å². The van der Waals surface area contributed by atoms with E-state index in [0.717, 1.165) is 5.56 Å². The molecule has 10 heteroatoms. The van der Waals surface area contributed by atoms with Gasteiger partial charge in [0.15, 0.2) is 18.1 Å². The van der Waals surface area contributed by atoms with E-state index >= 15 is 0 Å². The zero-order valence-electron chi connectivity index (χ0n) is 14.0. The topological polar surface area (TPSA) is 130 Å². The molecule has 2 N–H and O–H groups in total. The number of nitrogens with zero attached hydrogens (tertiary/aromatic N) is 3. The van der Waals surface area contributed by atoms with Crippen LogP contribution in [0, 0.1) is 6.92 Å². The molecule has 2 heterocycles. The average Bonchev–Trinajstić information content (AvgIpc) is 3.08. The minimum absolute atomic E-state index is 0.00776. The van der Waals surface area contributed by atoms with Crippen molar-refractivity contribution in [2.75, 3.05) is 7.11 Å². The summed E-state index contributed by atoms with van der Waals surface area (Å²) in [4.78, 5) is 8.26. The smallest absolute Gasteiger partial charge is 0.259 e. The maximum absolute atomic E-state index is 11.4. The highest BCUT2D eigenvalue weighted by Crippen LogP contribution is 2.30. The third kappa shape index (κ3) is 3.98. The molecule has 0 saturated heterocycles. The molecule has 0 amide bonds. The van der Waals surface area contributed by atoms with Crippen molar-refractivity contribution in [1.29, 1.82) is 0 Å². The SMILES string of the molecule is COc1cc(S(N)(=O)=O)ccc1OCc1noc(-c2cncc(C)c2)n1. The van der Waals surface area contributed by atoms with E-state index in [9.17, 15) is 8.42 Å². The first kappa shape index (κ1) is 17.8. The second-order valence-corrected chi connectivity index (χ2v) is 6.97. The lowest BCUT2D eigenvalue weighted by Crippen LogP contribution is -2.12. The van der Waals surface area contributed by atoms with Crippen LogP contribution in [0.3, 0.4) is 0 Å². The Bertz CT molecular complexity index is 1030. The molecule has 0 spiro atoms. The number of hydrogen-bond donors (Lipinski definition) is 1. The molecule has 0 radical (unpaired) electrons. The molecule has 3 aromatic rings. The first-order valence-corrected chi connectivity index (χ1v) is 8.99. The van der Waals surface area contributed by atoms with Gasteiger partial charge in [-0.15, -0.1) is 0 Å². The molecule has 0 bridgehead atoms. The predicted molar refractivity (Wildman–Crippen MR) is 91.0 cm³/mol. The Hall–Kier alpha value is -2.98. The third-order valence-electron chi connectivity index (χ3n) is 3.41. The van der Waals surface area contributed by atoms with Gasteiger partial charge in [0, 0.05) is 18.5 Å². The molecule has 26 heavy (non-hydrogen) atoms. The standard InChI is InChI=1S/C16H16N4O5S/c1-10-5-11(8-18-7-10)16-19-15(20-25-16)9-24-13-4-3-12(26(17,21)22)6-14(13)23-2/h3-8H,9H2,1-2H3,(H2,17,21,22). The molecule has 0 aliphatic heterocycles. The van der Waals surface area contributed by atoms with Gasteiger partial charge in [-0.1, -0.05) is 5.16 Å². The second kappa shape index (κ2) is 7.10. The third-order valence-corrected chi connectivity index (χ3v) is 4.32. The minimum Gasteiger partial charge on any atom is -0.493 e. The predicted octanol–water partition coefficient (Wildman–Crippen LogP) is 1.68. The zero-order valence-corrected chi connectivity index (χ0v) is 14.9. The molecule has 3 rings (SSSR count). The van der Waals surface area contributed by atoms with E-state index in [1.54, 1.807) is 12.4 Å². The Labute approximate surface area is 149 Å². The van der Waals surface area contributed by atoms with Crippen molar-refractivity contribution < 1.29 is 22.4 Å². The van der Waals surface area contributed by atoms with Crippen molar-refractivity contribution in [2.45, 2.75) is 18.4 Å². The number of rotatable bonds is 6. The van der Waals surface area contributed by atoms with Gasteiger partial charge in [0.25, 0.3) is 5.89 Å². The summed E-state index contributed by atoms with van der Waals surface area (Å²) in [5.74, 6) is 1.20. The number of primary sulfonamides is 1. The molecule has 0 unspecified atom stereocenters. The molecule has 0 aliphatic carbocycles. The maximum atomic E-state index is 11.4. The molecule has 2 aromatic heterocycles. The number of nitrogens with two attached hydrogens (primary N) is 1. The van der Waals surface area contributed by atoms with E-state index in [2.05, 4.69) is 15.1 Å². The Morgan fingerprint density at radius 2 is 2.00 bits per heavy atom. The monoisotopic (exact) mass is 376 g/mol. The van der Waals surface area contributed by atoms with Crippen LogP contribution < -0.4 is 14.6 Å². The number of sulfonamides is 1. The molecular formula is C16H16N4O5S.